The monoisotopic (exact) mass is 477 g/mol. The summed E-state index contributed by atoms with van der Waals surface area (Å²) in [7, 11) is -3.66. The van der Waals surface area contributed by atoms with Crippen molar-refractivity contribution in [3.05, 3.63) is 102 Å². The highest BCUT2D eigenvalue weighted by molar-refractivity contribution is 7.89. The molecule has 0 radical (unpaired) electrons. The minimum absolute atomic E-state index is 0.110. The first-order valence-corrected chi connectivity index (χ1v) is 13.1. The van der Waals surface area contributed by atoms with E-state index >= 15 is 0 Å². The highest BCUT2D eigenvalue weighted by Crippen LogP contribution is 2.29. The van der Waals surface area contributed by atoms with Crippen molar-refractivity contribution in [1.29, 1.82) is 0 Å². The molecule has 4 rings (SSSR count). The molecule has 3 aromatic carbocycles. The molecule has 1 fully saturated rings. The highest BCUT2D eigenvalue weighted by atomic mass is 32.2. The smallest absolute Gasteiger partial charge is 0.253 e. The molecular weight excluding hydrogens is 446 g/mol. The molecule has 0 aromatic heterocycles. The number of rotatable bonds is 7. The van der Waals surface area contributed by atoms with Crippen LogP contribution in [0.2, 0.25) is 0 Å². The summed E-state index contributed by atoms with van der Waals surface area (Å²) in [5, 5.41) is 0. The van der Waals surface area contributed by atoms with Crippen LogP contribution >= 0.6 is 0 Å². The average molecular weight is 478 g/mol. The molecule has 0 bridgehead atoms. The predicted molar refractivity (Wildman–Crippen MR) is 134 cm³/mol. The molecule has 1 heterocycles. The highest BCUT2D eigenvalue weighted by Gasteiger charge is 2.29. The number of amides is 1. The zero-order valence-electron chi connectivity index (χ0n) is 19.6. The lowest BCUT2D eigenvalue weighted by Crippen LogP contribution is -2.49. The van der Waals surface area contributed by atoms with E-state index in [0.29, 0.717) is 18.7 Å². The molecule has 6 nitrogen and oxygen atoms in total. The van der Waals surface area contributed by atoms with E-state index in [9.17, 15) is 13.2 Å². The van der Waals surface area contributed by atoms with Gasteiger partial charge in [0.1, 0.15) is 0 Å². The summed E-state index contributed by atoms with van der Waals surface area (Å²) in [4.78, 5) is 17.5. The van der Waals surface area contributed by atoms with E-state index in [1.54, 1.807) is 26.0 Å². The van der Waals surface area contributed by atoms with Gasteiger partial charge in [0.25, 0.3) is 5.91 Å². The third-order valence-electron chi connectivity index (χ3n) is 5.98. The first-order valence-electron chi connectivity index (χ1n) is 11.6. The van der Waals surface area contributed by atoms with E-state index < -0.39 is 10.0 Å². The number of nitrogens with one attached hydrogen (secondary N) is 1. The standard InChI is InChI=1S/C27H31N3O3S/c1-21(2)28-34(32,33)25-15-9-14-24(20-25)27(31)30-18-16-29(17-19-30)26(22-10-5-3-6-11-22)23-12-7-4-8-13-23/h3-15,20-21,26,28H,16-19H2,1-2H3. The summed E-state index contributed by atoms with van der Waals surface area (Å²) < 4.78 is 27.6. The lowest BCUT2D eigenvalue weighted by Gasteiger charge is -2.39. The zero-order chi connectivity index (χ0) is 24.1. The number of hydrogen-bond donors (Lipinski definition) is 1. The number of nitrogens with zero attached hydrogens (tertiary/aromatic N) is 2. The third kappa shape index (κ3) is 5.55. The van der Waals surface area contributed by atoms with Crippen LogP contribution in [-0.4, -0.2) is 56.3 Å². The molecule has 34 heavy (non-hydrogen) atoms. The molecule has 0 saturated carbocycles. The molecule has 1 N–H and O–H groups in total. The molecule has 3 aromatic rings. The van der Waals surface area contributed by atoms with Crippen molar-refractivity contribution in [3.8, 4) is 0 Å². The van der Waals surface area contributed by atoms with E-state index in [1.807, 2.05) is 17.0 Å². The Balaban J connectivity index is 1.49. The van der Waals surface area contributed by atoms with Crippen LogP contribution in [0.25, 0.3) is 0 Å². The molecule has 1 saturated heterocycles. The fourth-order valence-corrected chi connectivity index (χ4v) is 5.72. The second-order valence-electron chi connectivity index (χ2n) is 8.86. The van der Waals surface area contributed by atoms with Crippen LogP contribution in [0.15, 0.2) is 89.8 Å². The zero-order valence-corrected chi connectivity index (χ0v) is 20.4. The van der Waals surface area contributed by atoms with Crippen LogP contribution in [0, 0.1) is 0 Å². The summed E-state index contributed by atoms with van der Waals surface area (Å²) in [6.45, 7) is 6.15. The van der Waals surface area contributed by atoms with E-state index in [2.05, 4.69) is 58.2 Å². The Labute approximate surface area is 202 Å². The fourth-order valence-electron chi connectivity index (χ4n) is 4.43. The van der Waals surface area contributed by atoms with Crippen LogP contribution in [0.4, 0.5) is 0 Å². The number of benzene rings is 3. The Hall–Kier alpha value is -3.00. The molecule has 1 amide bonds. The van der Waals surface area contributed by atoms with Crippen molar-refractivity contribution in [2.75, 3.05) is 26.2 Å². The number of piperazine rings is 1. The molecule has 0 unspecified atom stereocenters. The number of sulfonamides is 1. The lowest BCUT2D eigenvalue weighted by atomic mass is 9.96. The maximum Gasteiger partial charge on any atom is 0.253 e. The van der Waals surface area contributed by atoms with E-state index in [4.69, 9.17) is 0 Å². The van der Waals surface area contributed by atoms with Gasteiger partial charge in [-0.1, -0.05) is 66.7 Å². The maximum absolute atomic E-state index is 13.2. The first kappa shape index (κ1) is 24.1. The summed E-state index contributed by atoms with van der Waals surface area (Å²) >= 11 is 0. The van der Waals surface area contributed by atoms with Crippen molar-refractivity contribution in [2.45, 2.75) is 30.8 Å². The summed E-state index contributed by atoms with van der Waals surface area (Å²) in [5.41, 5.74) is 2.84. The minimum atomic E-state index is -3.66. The Morgan fingerprint density at radius 3 is 1.88 bits per heavy atom. The van der Waals surface area contributed by atoms with Gasteiger partial charge in [-0.3, -0.25) is 9.69 Å². The fraction of sp³-hybridized carbons (Fsp3) is 0.296. The normalized spacial score (nSPS) is 15.1. The molecule has 0 spiro atoms. The Morgan fingerprint density at radius 2 is 1.35 bits per heavy atom. The van der Waals surface area contributed by atoms with Gasteiger partial charge in [-0.2, -0.15) is 0 Å². The lowest BCUT2D eigenvalue weighted by molar-refractivity contribution is 0.0597. The van der Waals surface area contributed by atoms with Crippen LogP contribution in [-0.2, 0) is 10.0 Å². The van der Waals surface area contributed by atoms with Gasteiger partial charge in [-0.15, -0.1) is 0 Å². The second-order valence-corrected chi connectivity index (χ2v) is 10.6. The summed E-state index contributed by atoms with van der Waals surface area (Å²) in [5.74, 6) is -0.141. The topological polar surface area (TPSA) is 69.7 Å². The van der Waals surface area contributed by atoms with E-state index in [-0.39, 0.29) is 22.9 Å². The molecular formula is C27H31N3O3S. The largest absolute Gasteiger partial charge is 0.336 e. The molecule has 0 atom stereocenters. The number of hydrogen-bond acceptors (Lipinski definition) is 4. The van der Waals surface area contributed by atoms with Gasteiger partial charge in [-0.05, 0) is 43.2 Å². The SMILES string of the molecule is CC(C)NS(=O)(=O)c1cccc(C(=O)N2CCN(C(c3ccccc3)c3ccccc3)CC2)c1. The van der Waals surface area contributed by atoms with Crippen molar-refractivity contribution >= 4 is 15.9 Å². The van der Waals surface area contributed by atoms with Gasteiger partial charge in [0.05, 0.1) is 10.9 Å². The summed E-state index contributed by atoms with van der Waals surface area (Å²) in [6.07, 6.45) is 0. The van der Waals surface area contributed by atoms with Crippen molar-refractivity contribution in [3.63, 3.8) is 0 Å². The van der Waals surface area contributed by atoms with E-state index in [0.717, 1.165) is 13.1 Å². The Morgan fingerprint density at radius 1 is 0.794 bits per heavy atom. The quantitative estimate of drug-likeness (QED) is 0.560. The number of carbonyl (C=O) groups is 1. The van der Waals surface area contributed by atoms with Crippen molar-refractivity contribution < 1.29 is 13.2 Å². The number of carbonyl (C=O) groups excluding carboxylic acids is 1. The van der Waals surface area contributed by atoms with Gasteiger partial charge in [-0.25, -0.2) is 13.1 Å². The van der Waals surface area contributed by atoms with E-state index in [1.165, 1.54) is 23.3 Å². The molecule has 178 valence electrons. The van der Waals surface area contributed by atoms with Crippen molar-refractivity contribution in [1.82, 2.24) is 14.5 Å². The van der Waals surface area contributed by atoms with Crippen LogP contribution in [0.3, 0.4) is 0 Å². The Kier molecular flexibility index (Phi) is 7.46. The van der Waals surface area contributed by atoms with Gasteiger partial charge in [0.15, 0.2) is 0 Å². The Bertz CT molecular complexity index is 1170. The van der Waals surface area contributed by atoms with Gasteiger partial charge in [0, 0.05) is 37.8 Å². The third-order valence-corrected chi connectivity index (χ3v) is 7.64. The molecule has 7 heteroatoms. The average Bonchev–Trinajstić information content (AvgIpc) is 2.85. The van der Waals surface area contributed by atoms with Gasteiger partial charge < -0.3 is 4.90 Å². The molecule has 1 aliphatic rings. The van der Waals surface area contributed by atoms with Crippen molar-refractivity contribution in [2.24, 2.45) is 0 Å². The first-order chi connectivity index (χ1) is 16.3. The van der Waals surface area contributed by atoms with Crippen LogP contribution in [0.1, 0.15) is 41.4 Å². The minimum Gasteiger partial charge on any atom is -0.336 e. The second kappa shape index (κ2) is 10.5. The van der Waals surface area contributed by atoms with Gasteiger partial charge in [0.2, 0.25) is 10.0 Å². The maximum atomic E-state index is 13.2. The molecule has 0 aliphatic carbocycles. The van der Waals surface area contributed by atoms with Crippen LogP contribution < -0.4 is 4.72 Å². The summed E-state index contributed by atoms with van der Waals surface area (Å²) in [6, 6.07) is 27.0. The predicted octanol–water partition coefficient (Wildman–Crippen LogP) is 3.92. The molecule has 1 aliphatic heterocycles. The van der Waals surface area contributed by atoms with Gasteiger partial charge >= 0.3 is 0 Å². The van der Waals surface area contributed by atoms with Crippen LogP contribution in [0.5, 0.6) is 0 Å².